The number of hydrogen-bond donors (Lipinski definition) is 2. The van der Waals surface area contributed by atoms with Gasteiger partial charge in [0.25, 0.3) is 0 Å². The molecule has 2 atom stereocenters. The van der Waals surface area contributed by atoms with Crippen LogP contribution in [0, 0.1) is 0 Å². The molecule has 13 nitrogen and oxygen atoms in total. The first-order valence-electron chi connectivity index (χ1n) is 14.9. The number of halogens is 1. The molecule has 0 aliphatic heterocycles. The highest BCUT2D eigenvalue weighted by Crippen LogP contribution is 2.15. The predicted molar refractivity (Wildman–Crippen MR) is 159 cm³/mol. The zero-order chi connectivity index (χ0) is 33.7. The summed E-state index contributed by atoms with van der Waals surface area (Å²) in [7, 11) is 0. The topological polar surface area (TPSA) is 168 Å². The maximum absolute atomic E-state index is 13.1. The number of carbonyl (C=O) groups excluding carboxylic acids is 5. The molecule has 0 spiro atoms. The van der Waals surface area contributed by atoms with E-state index in [1.54, 1.807) is 73.2 Å². The fraction of sp³-hybridized carbons (Fsp3) is 0.767. The van der Waals surface area contributed by atoms with Crippen molar-refractivity contribution in [3.05, 3.63) is 11.9 Å². The highest BCUT2D eigenvalue weighted by atomic mass is 19.1. The van der Waals surface area contributed by atoms with Gasteiger partial charge in [0.2, 0.25) is 11.8 Å². The number of rotatable bonds is 16. The molecule has 1 aromatic heterocycles. The van der Waals surface area contributed by atoms with E-state index in [0.717, 1.165) is 0 Å². The van der Waals surface area contributed by atoms with Gasteiger partial charge in [0.15, 0.2) is 0 Å². The van der Waals surface area contributed by atoms with Gasteiger partial charge in [-0.05, 0) is 88.0 Å². The molecule has 0 saturated heterocycles. The predicted octanol–water partition coefficient (Wildman–Crippen LogP) is 3.13. The van der Waals surface area contributed by atoms with Gasteiger partial charge in [0.05, 0.1) is 18.8 Å². The van der Waals surface area contributed by atoms with Crippen LogP contribution in [0.1, 0.15) is 107 Å². The molecular formula is C30H50FN5O8. The Balaban J connectivity index is 2.91. The molecule has 1 aromatic rings. The highest BCUT2D eigenvalue weighted by Gasteiger charge is 2.32. The second-order valence-electron chi connectivity index (χ2n) is 13.5. The number of nitrogens with zero attached hydrogens (tertiary/aromatic N) is 3. The molecule has 0 aliphatic rings. The Bertz CT molecular complexity index is 1120. The number of aromatic nitrogens is 3. The standard InChI is InChI=1S/C30H50FN5O8/c1-28(2,3)42-25(39)15-14-21(26(40)43-29(4,5)6)32-24(38)18-22(27(41)44-30(7,8)9)33-23(37)13-11-17-36-19-20(34-35-36)12-10-16-31/h19,21-22H,10-18H2,1-9H3,(H,32,38)(H,33,37)/t21-,22-/m0/s1. The summed E-state index contributed by atoms with van der Waals surface area (Å²) in [5.41, 5.74) is -1.83. The third kappa shape index (κ3) is 17.5. The smallest absolute Gasteiger partial charge is 0.329 e. The minimum Gasteiger partial charge on any atom is -0.460 e. The summed E-state index contributed by atoms with van der Waals surface area (Å²) in [6, 6.07) is -2.55. The summed E-state index contributed by atoms with van der Waals surface area (Å²) < 4.78 is 30.1. The maximum Gasteiger partial charge on any atom is 0.329 e. The van der Waals surface area contributed by atoms with Gasteiger partial charge in [0, 0.05) is 25.6 Å². The molecule has 2 N–H and O–H groups in total. The van der Waals surface area contributed by atoms with Crippen molar-refractivity contribution in [1.82, 2.24) is 25.6 Å². The van der Waals surface area contributed by atoms with Crippen molar-refractivity contribution in [2.24, 2.45) is 0 Å². The molecule has 14 heteroatoms. The lowest BCUT2D eigenvalue weighted by atomic mass is 10.1. The molecule has 0 radical (unpaired) electrons. The van der Waals surface area contributed by atoms with E-state index in [1.165, 1.54) is 0 Å². The van der Waals surface area contributed by atoms with Crippen molar-refractivity contribution in [3.8, 4) is 0 Å². The van der Waals surface area contributed by atoms with Crippen LogP contribution in [0.3, 0.4) is 0 Å². The van der Waals surface area contributed by atoms with Crippen LogP contribution in [0.4, 0.5) is 4.39 Å². The van der Waals surface area contributed by atoms with Crippen LogP contribution in [-0.4, -0.2) is 80.3 Å². The van der Waals surface area contributed by atoms with Gasteiger partial charge < -0.3 is 24.8 Å². The van der Waals surface area contributed by atoms with Crippen molar-refractivity contribution >= 4 is 29.7 Å². The fourth-order valence-electron chi connectivity index (χ4n) is 3.76. The average molecular weight is 628 g/mol. The number of alkyl halides is 1. The van der Waals surface area contributed by atoms with E-state index in [1.807, 2.05) is 0 Å². The van der Waals surface area contributed by atoms with Crippen molar-refractivity contribution in [3.63, 3.8) is 0 Å². The number of aryl methyl sites for hydroxylation is 2. The lowest BCUT2D eigenvalue weighted by molar-refractivity contribution is -0.160. The second kappa shape index (κ2) is 17.0. The van der Waals surface area contributed by atoms with Crippen LogP contribution >= 0.6 is 0 Å². The third-order valence-corrected chi connectivity index (χ3v) is 5.44. The quantitative estimate of drug-likeness (QED) is 0.205. The minimum absolute atomic E-state index is 0.0109. The van der Waals surface area contributed by atoms with Crippen molar-refractivity contribution < 1.29 is 42.6 Å². The zero-order valence-electron chi connectivity index (χ0n) is 27.6. The summed E-state index contributed by atoms with van der Waals surface area (Å²) in [6.07, 6.45) is 2.08. The highest BCUT2D eigenvalue weighted by molar-refractivity contribution is 5.91. The van der Waals surface area contributed by atoms with Gasteiger partial charge in [0.1, 0.15) is 28.9 Å². The van der Waals surface area contributed by atoms with E-state index >= 15 is 0 Å². The third-order valence-electron chi connectivity index (χ3n) is 5.44. The molecule has 1 heterocycles. The molecule has 2 amide bonds. The Labute approximate surface area is 259 Å². The van der Waals surface area contributed by atoms with E-state index < -0.39 is 71.7 Å². The van der Waals surface area contributed by atoms with Gasteiger partial charge in [-0.1, -0.05) is 5.21 Å². The maximum atomic E-state index is 13.1. The zero-order valence-corrected chi connectivity index (χ0v) is 27.6. The first-order valence-corrected chi connectivity index (χ1v) is 14.9. The summed E-state index contributed by atoms with van der Waals surface area (Å²) >= 11 is 0. The molecular weight excluding hydrogens is 577 g/mol. The molecule has 0 aromatic carbocycles. The lowest BCUT2D eigenvalue weighted by Crippen LogP contribution is -2.50. The van der Waals surface area contributed by atoms with Crippen molar-refractivity contribution in [2.45, 2.75) is 143 Å². The molecule has 0 unspecified atom stereocenters. The SMILES string of the molecule is CC(C)(C)OC(=O)CC[C@H](NC(=O)C[C@H](NC(=O)CCCn1cc(CCCF)nn1)C(=O)OC(C)(C)C)C(=O)OC(C)(C)C. The lowest BCUT2D eigenvalue weighted by Gasteiger charge is -2.26. The number of esters is 3. The summed E-state index contributed by atoms with van der Waals surface area (Å²) in [5.74, 6) is -3.36. The van der Waals surface area contributed by atoms with E-state index in [4.69, 9.17) is 14.2 Å². The summed E-state index contributed by atoms with van der Waals surface area (Å²) in [5, 5.41) is 13.0. The van der Waals surface area contributed by atoms with Crippen LogP contribution < -0.4 is 10.6 Å². The van der Waals surface area contributed by atoms with Crippen LogP contribution in [0.5, 0.6) is 0 Å². The molecule has 1 rings (SSSR count). The van der Waals surface area contributed by atoms with Crippen molar-refractivity contribution in [2.75, 3.05) is 6.67 Å². The normalized spacial score (nSPS) is 13.4. The van der Waals surface area contributed by atoms with E-state index in [-0.39, 0.29) is 19.3 Å². The Kier molecular flexibility index (Phi) is 14.9. The molecule has 0 fully saturated rings. The first-order chi connectivity index (χ1) is 20.2. The molecule has 250 valence electrons. The van der Waals surface area contributed by atoms with Crippen LogP contribution in [0.15, 0.2) is 6.20 Å². The van der Waals surface area contributed by atoms with Gasteiger partial charge in [-0.2, -0.15) is 0 Å². The molecule has 0 aliphatic carbocycles. The van der Waals surface area contributed by atoms with Gasteiger partial charge in [-0.15, -0.1) is 5.10 Å². The Morgan fingerprint density at radius 1 is 0.795 bits per heavy atom. The van der Waals surface area contributed by atoms with Gasteiger partial charge >= 0.3 is 17.9 Å². The fourth-order valence-corrected chi connectivity index (χ4v) is 3.76. The van der Waals surface area contributed by atoms with Crippen molar-refractivity contribution in [1.29, 1.82) is 0 Å². The average Bonchev–Trinajstić information content (AvgIpc) is 3.29. The van der Waals surface area contributed by atoms with E-state index in [9.17, 15) is 28.4 Å². The van der Waals surface area contributed by atoms with Crippen LogP contribution in [0.25, 0.3) is 0 Å². The number of ether oxygens (including phenoxy) is 3. The second-order valence-corrected chi connectivity index (χ2v) is 13.5. The van der Waals surface area contributed by atoms with E-state index in [2.05, 4.69) is 20.9 Å². The summed E-state index contributed by atoms with van der Waals surface area (Å²) in [4.78, 5) is 64.0. The molecule has 44 heavy (non-hydrogen) atoms. The first kappa shape index (κ1) is 38.4. The van der Waals surface area contributed by atoms with E-state index in [0.29, 0.717) is 31.5 Å². The minimum atomic E-state index is -1.34. The van der Waals surface area contributed by atoms with Gasteiger partial charge in [-0.3, -0.25) is 23.5 Å². The monoisotopic (exact) mass is 627 g/mol. The Hall–Kier alpha value is -3.58. The van der Waals surface area contributed by atoms with Gasteiger partial charge in [-0.25, -0.2) is 9.59 Å². The van der Waals surface area contributed by atoms with Crippen LogP contribution in [-0.2, 0) is 51.1 Å². The van der Waals surface area contributed by atoms with Crippen LogP contribution in [0.2, 0.25) is 0 Å². The summed E-state index contributed by atoms with van der Waals surface area (Å²) in [6.45, 7) is 15.0. The number of hydrogen-bond acceptors (Lipinski definition) is 10. The Morgan fingerprint density at radius 2 is 1.34 bits per heavy atom. The number of amides is 2. The Morgan fingerprint density at radius 3 is 1.89 bits per heavy atom. The number of nitrogens with one attached hydrogen (secondary N) is 2. The molecule has 0 bridgehead atoms. The number of carbonyl (C=O) groups is 5. The molecule has 0 saturated carbocycles. The largest absolute Gasteiger partial charge is 0.460 e.